The van der Waals surface area contributed by atoms with E-state index in [9.17, 15) is 0 Å². The van der Waals surface area contributed by atoms with Gasteiger partial charge in [0.15, 0.2) is 5.96 Å². The van der Waals surface area contributed by atoms with Crippen LogP contribution in [0.3, 0.4) is 0 Å². The average molecular weight is 503 g/mol. The first-order chi connectivity index (χ1) is 13.1. The van der Waals surface area contributed by atoms with Crippen LogP contribution in [0.5, 0.6) is 5.75 Å². The van der Waals surface area contributed by atoms with Crippen molar-refractivity contribution < 1.29 is 4.74 Å². The number of likely N-dealkylation sites (N-methyl/N-ethyl adjacent to an activating group) is 2. The van der Waals surface area contributed by atoms with E-state index in [0.717, 1.165) is 37.9 Å². The Hall–Kier alpha value is -1.06. The first-order valence-corrected chi connectivity index (χ1v) is 10.2. The Morgan fingerprint density at radius 2 is 1.89 bits per heavy atom. The van der Waals surface area contributed by atoms with Crippen molar-refractivity contribution in [3.63, 3.8) is 0 Å². The van der Waals surface area contributed by atoms with Crippen LogP contribution in [-0.2, 0) is 0 Å². The lowest BCUT2D eigenvalue weighted by molar-refractivity contribution is 0.140. The number of guanidine groups is 1. The van der Waals surface area contributed by atoms with Gasteiger partial charge in [0.25, 0.3) is 0 Å². The molecule has 0 saturated carbocycles. The van der Waals surface area contributed by atoms with Crippen LogP contribution in [0.4, 0.5) is 0 Å². The number of benzene rings is 1. The van der Waals surface area contributed by atoms with E-state index in [1.807, 2.05) is 30.3 Å². The maximum absolute atomic E-state index is 5.80. The molecule has 0 spiro atoms. The van der Waals surface area contributed by atoms with E-state index in [1.54, 1.807) is 0 Å². The molecule has 1 heterocycles. The fourth-order valence-corrected chi connectivity index (χ4v) is 3.16. The minimum absolute atomic E-state index is 0. The highest BCUT2D eigenvalue weighted by atomic mass is 127. The van der Waals surface area contributed by atoms with Gasteiger partial charge >= 0.3 is 0 Å². The summed E-state index contributed by atoms with van der Waals surface area (Å²) in [5.41, 5.74) is 0. The summed E-state index contributed by atoms with van der Waals surface area (Å²) in [6.07, 6.45) is 0. The van der Waals surface area contributed by atoms with Gasteiger partial charge in [-0.05, 0) is 32.0 Å². The highest BCUT2D eigenvalue weighted by Crippen LogP contribution is 2.08. The molecule has 0 amide bonds. The summed E-state index contributed by atoms with van der Waals surface area (Å²) >= 11 is 0. The minimum Gasteiger partial charge on any atom is -0.492 e. The lowest BCUT2D eigenvalue weighted by Gasteiger charge is -2.33. The van der Waals surface area contributed by atoms with Gasteiger partial charge in [0.1, 0.15) is 12.4 Å². The highest BCUT2D eigenvalue weighted by Gasteiger charge is 2.16. The van der Waals surface area contributed by atoms with Gasteiger partial charge in [0.2, 0.25) is 0 Å². The van der Waals surface area contributed by atoms with Crippen molar-refractivity contribution in [1.29, 1.82) is 0 Å². The van der Waals surface area contributed by atoms with Crippen molar-refractivity contribution in [2.24, 2.45) is 10.9 Å². The second-order valence-electron chi connectivity index (χ2n) is 7.49. The number of rotatable bonds is 9. The molecule has 1 aliphatic rings. The van der Waals surface area contributed by atoms with Crippen LogP contribution in [0.2, 0.25) is 0 Å². The number of para-hydroxylation sites is 1. The quantitative estimate of drug-likeness (QED) is 0.319. The smallest absolute Gasteiger partial charge is 0.193 e. The molecule has 160 valence electrons. The largest absolute Gasteiger partial charge is 0.492 e. The number of hydrogen-bond acceptors (Lipinski definition) is 4. The molecule has 0 radical (unpaired) electrons. The number of ether oxygens (including phenoxy) is 1. The Morgan fingerprint density at radius 1 is 1.21 bits per heavy atom. The molecule has 1 N–H and O–H groups in total. The number of hydrogen-bond donors (Lipinski definition) is 1. The van der Waals surface area contributed by atoms with Gasteiger partial charge in [-0.1, -0.05) is 25.1 Å². The topological polar surface area (TPSA) is 43.3 Å². The fourth-order valence-electron chi connectivity index (χ4n) is 3.16. The van der Waals surface area contributed by atoms with Gasteiger partial charge < -0.3 is 24.8 Å². The van der Waals surface area contributed by atoms with Crippen molar-refractivity contribution in [2.75, 3.05) is 73.1 Å². The minimum atomic E-state index is 0. The van der Waals surface area contributed by atoms with Crippen LogP contribution >= 0.6 is 24.0 Å². The van der Waals surface area contributed by atoms with Gasteiger partial charge in [-0.2, -0.15) is 0 Å². The third-order valence-electron chi connectivity index (χ3n) is 4.85. The highest BCUT2D eigenvalue weighted by molar-refractivity contribution is 14.0. The third-order valence-corrected chi connectivity index (χ3v) is 4.85. The molecule has 1 aliphatic heterocycles. The Morgan fingerprint density at radius 3 is 2.54 bits per heavy atom. The zero-order valence-corrected chi connectivity index (χ0v) is 20.3. The molecule has 0 bridgehead atoms. The van der Waals surface area contributed by atoms with Crippen LogP contribution in [-0.4, -0.2) is 93.7 Å². The third kappa shape index (κ3) is 9.43. The predicted molar refractivity (Wildman–Crippen MR) is 129 cm³/mol. The predicted octanol–water partition coefficient (Wildman–Crippen LogP) is 2.46. The second-order valence-corrected chi connectivity index (χ2v) is 7.49. The zero-order chi connectivity index (χ0) is 19.5. The molecule has 7 heteroatoms. The maximum Gasteiger partial charge on any atom is 0.193 e. The molecule has 1 atom stereocenters. The molecular formula is C21H38IN5O. The summed E-state index contributed by atoms with van der Waals surface area (Å²) in [6, 6.07) is 9.95. The van der Waals surface area contributed by atoms with Crippen molar-refractivity contribution in [3.05, 3.63) is 30.3 Å². The molecule has 1 aromatic rings. The van der Waals surface area contributed by atoms with E-state index in [0.29, 0.717) is 12.5 Å². The van der Waals surface area contributed by atoms with Crippen LogP contribution < -0.4 is 10.1 Å². The molecule has 6 nitrogen and oxygen atoms in total. The van der Waals surface area contributed by atoms with E-state index >= 15 is 0 Å². The summed E-state index contributed by atoms with van der Waals surface area (Å²) in [4.78, 5) is 12.0. The van der Waals surface area contributed by atoms with Gasteiger partial charge in [-0.3, -0.25) is 4.99 Å². The number of halogens is 1. The van der Waals surface area contributed by atoms with Crippen LogP contribution in [0.15, 0.2) is 35.3 Å². The van der Waals surface area contributed by atoms with Crippen molar-refractivity contribution >= 4 is 29.9 Å². The SMILES string of the molecule is CCNC(=NCC(C)CN1CCN(C)CC1)N(C)CCOc1ccccc1.I. The maximum atomic E-state index is 5.80. The molecule has 1 aromatic carbocycles. The molecule has 0 aromatic heterocycles. The summed E-state index contributed by atoms with van der Waals surface area (Å²) in [5, 5.41) is 3.40. The van der Waals surface area contributed by atoms with Crippen molar-refractivity contribution in [3.8, 4) is 5.75 Å². The van der Waals surface area contributed by atoms with E-state index < -0.39 is 0 Å². The van der Waals surface area contributed by atoms with Crippen LogP contribution in [0.25, 0.3) is 0 Å². The molecule has 1 saturated heterocycles. The molecular weight excluding hydrogens is 465 g/mol. The van der Waals surface area contributed by atoms with Gasteiger partial charge in [0.05, 0.1) is 6.54 Å². The molecule has 1 fully saturated rings. The van der Waals surface area contributed by atoms with E-state index in [-0.39, 0.29) is 24.0 Å². The molecule has 1 unspecified atom stereocenters. The molecule has 0 aliphatic carbocycles. The van der Waals surface area contributed by atoms with E-state index in [2.05, 4.69) is 48.0 Å². The normalized spacial score (nSPS) is 16.9. The Kier molecular flexibility index (Phi) is 12.5. The lowest BCUT2D eigenvalue weighted by Crippen LogP contribution is -2.46. The van der Waals surface area contributed by atoms with Gasteiger partial charge in [-0.25, -0.2) is 0 Å². The summed E-state index contributed by atoms with van der Waals surface area (Å²) in [5.74, 6) is 2.42. The summed E-state index contributed by atoms with van der Waals surface area (Å²) in [7, 11) is 4.27. The lowest BCUT2D eigenvalue weighted by atomic mass is 10.1. The number of nitrogens with one attached hydrogen (secondary N) is 1. The summed E-state index contributed by atoms with van der Waals surface area (Å²) in [6.45, 7) is 13.4. The van der Waals surface area contributed by atoms with Gasteiger partial charge in [0, 0.05) is 52.9 Å². The zero-order valence-electron chi connectivity index (χ0n) is 17.9. The molecule has 28 heavy (non-hydrogen) atoms. The number of aliphatic imine (C=N–C) groups is 1. The second kappa shape index (κ2) is 14.0. The van der Waals surface area contributed by atoms with Crippen LogP contribution in [0, 0.1) is 5.92 Å². The van der Waals surface area contributed by atoms with Crippen molar-refractivity contribution in [1.82, 2.24) is 20.0 Å². The average Bonchev–Trinajstić information content (AvgIpc) is 2.67. The fraction of sp³-hybridized carbons (Fsp3) is 0.667. The molecule has 2 rings (SSSR count). The van der Waals surface area contributed by atoms with Crippen molar-refractivity contribution in [2.45, 2.75) is 13.8 Å². The van der Waals surface area contributed by atoms with Gasteiger partial charge in [-0.15, -0.1) is 24.0 Å². The first kappa shape index (κ1) is 25.0. The Labute approximate surface area is 188 Å². The van der Waals surface area contributed by atoms with E-state index in [1.165, 1.54) is 26.2 Å². The summed E-state index contributed by atoms with van der Waals surface area (Å²) < 4.78 is 5.80. The number of piperazine rings is 1. The standard InChI is InChI=1S/C21H37N5O.HI/c1-5-22-21(25(4)15-16-27-20-9-7-6-8-10-20)23-17-19(2)18-26-13-11-24(3)12-14-26;/h6-10,19H,5,11-18H2,1-4H3,(H,22,23);1H. The first-order valence-electron chi connectivity index (χ1n) is 10.2. The Bertz CT molecular complexity index is 549. The van der Waals surface area contributed by atoms with Crippen LogP contribution in [0.1, 0.15) is 13.8 Å². The Balaban J connectivity index is 0.00000392. The van der Waals surface area contributed by atoms with E-state index in [4.69, 9.17) is 9.73 Å². The number of nitrogens with zero attached hydrogens (tertiary/aromatic N) is 4. The monoisotopic (exact) mass is 503 g/mol.